The minimum atomic E-state index is -0.762. The van der Waals surface area contributed by atoms with Crippen LogP contribution in [0.5, 0.6) is 0 Å². The Morgan fingerprint density at radius 2 is 2.19 bits per heavy atom. The topological polar surface area (TPSA) is 76.7 Å². The van der Waals surface area contributed by atoms with Crippen molar-refractivity contribution in [2.24, 2.45) is 5.92 Å². The molecular formula is C11H8ClN3O. The Morgan fingerprint density at radius 1 is 1.50 bits per heavy atom. The maximum Gasteiger partial charge on any atom is 0.241 e. The lowest BCUT2D eigenvalue weighted by atomic mass is 10.1. The average molecular weight is 234 g/mol. The van der Waals surface area contributed by atoms with Gasteiger partial charge in [-0.15, -0.1) is 0 Å². The highest BCUT2D eigenvalue weighted by molar-refractivity contribution is 6.33. The lowest BCUT2D eigenvalue weighted by Gasteiger charge is -2.08. The van der Waals surface area contributed by atoms with E-state index < -0.39 is 11.8 Å². The van der Waals surface area contributed by atoms with E-state index in [4.69, 9.17) is 22.1 Å². The molecule has 0 aromatic heterocycles. The molecule has 0 bridgehead atoms. The van der Waals surface area contributed by atoms with Gasteiger partial charge < -0.3 is 5.32 Å². The Hall–Kier alpha value is -2.04. The van der Waals surface area contributed by atoms with E-state index in [1.807, 2.05) is 12.1 Å². The van der Waals surface area contributed by atoms with Gasteiger partial charge in [0.25, 0.3) is 0 Å². The van der Waals surface area contributed by atoms with Crippen LogP contribution >= 0.6 is 11.6 Å². The van der Waals surface area contributed by atoms with Crippen molar-refractivity contribution in [1.82, 2.24) is 0 Å². The third kappa shape index (κ3) is 2.73. The lowest BCUT2D eigenvalue weighted by Crippen LogP contribution is -2.19. The van der Waals surface area contributed by atoms with Crippen LogP contribution in [0.3, 0.4) is 0 Å². The zero-order valence-electron chi connectivity index (χ0n) is 8.49. The molecule has 1 amide bonds. The monoisotopic (exact) mass is 233 g/mol. The fraction of sp³-hybridized carbons (Fsp3) is 0.182. The Kier molecular flexibility index (Phi) is 3.88. The largest absolute Gasteiger partial charge is 0.324 e. The van der Waals surface area contributed by atoms with Crippen molar-refractivity contribution < 1.29 is 4.79 Å². The summed E-state index contributed by atoms with van der Waals surface area (Å²) in [4.78, 5) is 11.4. The normalized spacial score (nSPS) is 11.0. The molecule has 16 heavy (non-hydrogen) atoms. The molecule has 0 heterocycles. The summed E-state index contributed by atoms with van der Waals surface area (Å²) in [5.74, 6) is -1.21. The van der Waals surface area contributed by atoms with Gasteiger partial charge in [0, 0.05) is 0 Å². The van der Waals surface area contributed by atoms with Crippen molar-refractivity contribution in [2.75, 3.05) is 5.32 Å². The summed E-state index contributed by atoms with van der Waals surface area (Å²) in [6.45, 7) is 1.48. The summed E-state index contributed by atoms with van der Waals surface area (Å²) in [6.07, 6.45) is 0. The van der Waals surface area contributed by atoms with Gasteiger partial charge in [-0.3, -0.25) is 4.79 Å². The summed E-state index contributed by atoms with van der Waals surface area (Å²) in [5.41, 5.74) is 0.733. The van der Waals surface area contributed by atoms with E-state index >= 15 is 0 Å². The Balaban J connectivity index is 2.94. The van der Waals surface area contributed by atoms with Crippen LogP contribution in [-0.4, -0.2) is 5.91 Å². The highest BCUT2D eigenvalue weighted by Gasteiger charge is 2.13. The van der Waals surface area contributed by atoms with E-state index in [9.17, 15) is 4.79 Å². The van der Waals surface area contributed by atoms with Gasteiger partial charge in [0.2, 0.25) is 5.91 Å². The van der Waals surface area contributed by atoms with Gasteiger partial charge >= 0.3 is 0 Å². The van der Waals surface area contributed by atoms with E-state index in [0.29, 0.717) is 16.3 Å². The molecule has 5 heteroatoms. The van der Waals surface area contributed by atoms with E-state index in [0.717, 1.165) is 0 Å². The molecule has 0 saturated heterocycles. The number of halogens is 1. The molecule has 0 radical (unpaired) electrons. The van der Waals surface area contributed by atoms with Crippen LogP contribution in [0.15, 0.2) is 18.2 Å². The molecule has 80 valence electrons. The van der Waals surface area contributed by atoms with Crippen LogP contribution in [0.25, 0.3) is 0 Å². The predicted molar refractivity (Wildman–Crippen MR) is 59.6 cm³/mol. The van der Waals surface area contributed by atoms with Crippen molar-refractivity contribution in [2.45, 2.75) is 6.92 Å². The Labute approximate surface area is 98.1 Å². The van der Waals surface area contributed by atoms with Gasteiger partial charge in [-0.25, -0.2) is 0 Å². The molecule has 1 aromatic rings. The number of benzene rings is 1. The predicted octanol–water partition coefficient (Wildman–Crippen LogP) is 2.31. The van der Waals surface area contributed by atoms with Crippen molar-refractivity contribution in [1.29, 1.82) is 10.5 Å². The molecule has 1 aromatic carbocycles. The quantitative estimate of drug-likeness (QED) is 0.852. The van der Waals surface area contributed by atoms with E-state index in [2.05, 4.69) is 5.32 Å². The molecule has 1 rings (SSSR count). The minimum absolute atomic E-state index is 0.331. The SMILES string of the molecule is CC(C#N)C(=O)Nc1cc(C#N)ccc1Cl. The van der Waals surface area contributed by atoms with Crippen molar-refractivity contribution in [3.63, 3.8) is 0 Å². The molecule has 1 N–H and O–H groups in total. The third-order valence-corrected chi connectivity index (χ3v) is 2.27. The Morgan fingerprint density at radius 3 is 2.75 bits per heavy atom. The standard InChI is InChI=1S/C11H8ClN3O/c1-7(5-13)11(16)15-10-4-8(6-14)2-3-9(10)12/h2-4,7H,1H3,(H,15,16). The van der Waals surface area contributed by atoms with Crippen LogP contribution in [0.4, 0.5) is 5.69 Å². The molecule has 0 fully saturated rings. The summed E-state index contributed by atoms with van der Waals surface area (Å²) >= 11 is 5.84. The second-order valence-corrected chi connectivity index (χ2v) is 3.55. The zero-order valence-corrected chi connectivity index (χ0v) is 9.25. The Bertz CT molecular complexity index is 499. The van der Waals surface area contributed by atoms with Gasteiger partial charge in [-0.05, 0) is 25.1 Å². The number of hydrogen-bond donors (Lipinski definition) is 1. The maximum atomic E-state index is 11.4. The number of hydrogen-bond acceptors (Lipinski definition) is 3. The highest BCUT2D eigenvalue weighted by atomic mass is 35.5. The molecule has 1 atom stereocenters. The fourth-order valence-corrected chi connectivity index (χ4v) is 1.16. The fourth-order valence-electron chi connectivity index (χ4n) is 0.990. The molecule has 0 saturated carbocycles. The van der Waals surface area contributed by atoms with Gasteiger partial charge in [-0.2, -0.15) is 10.5 Å². The third-order valence-electron chi connectivity index (χ3n) is 1.94. The number of amides is 1. The van der Waals surface area contributed by atoms with Gasteiger partial charge in [0.1, 0.15) is 5.92 Å². The molecule has 1 unspecified atom stereocenters. The molecule has 0 spiro atoms. The summed E-state index contributed by atoms with van der Waals surface area (Å²) in [6, 6.07) is 8.28. The van der Waals surface area contributed by atoms with Gasteiger partial charge in [-0.1, -0.05) is 11.6 Å². The molecule has 0 aliphatic rings. The summed E-state index contributed by atoms with van der Waals surface area (Å²) in [7, 11) is 0. The molecular weight excluding hydrogens is 226 g/mol. The number of rotatable bonds is 2. The smallest absolute Gasteiger partial charge is 0.241 e. The minimum Gasteiger partial charge on any atom is -0.324 e. The highest BCUT2D eigenvalue weighted by Crippen LogP contribution is 2.23. The van der Waals surface area contributed by atoms with E-state index in [1.165, 1.54) is 19.1 Å². The van der Waals surface area contributed by atoms with Crippen LogP contribution in [0, 0.1) is 28.6 Å². The first-order valence-electron chi connectivity index (χ1n) is 4.48. The van der Waals surface area contributed by atoms with Crippen molar-refractivity contribution >= 4 is 23.2 Å². The van der Waals surface area contributed by atoms with Crippen molar-refractivity contribution in [3.05, 3.63) is 28.8 Å². The maximum absolute atomic E-state index is 11.4. The molecule has 0 aliphatic heterocycles. The second kappa shape index (κ2) is 5.16. The first-order valence-corrected chi connectivity index (χ1v) is 4.86. The van der Waals surface area contributed by atoms with E-state index in [-0.39, 0.29) is 0 Å². The zero-order chi connectivity index (χ0) is 12.1. The van der Waals surface area contributed by atoms with Crippen LogP contribution in [0.2, 0.25) is 5.02 Å². The van der Waals surface area contributed by atoms with Gasteiger partial charge in [0.05, 0.1) is 28.4 Å². The van der Waals surface area contributed by atoms with Crippen LogP contribution in [0.1, 0.15) is 12.5 Å². The number of carbonyl (C=O) groups is 1. The molecule has 4 nitrogen and oxygen atoms in total. The number of nitrogens with zero attached hydrogens (tertiary/aromatic N) is 2. The molecule has 0 aliphatic carbocycles. The average Bonchev–Trinajstić information content (AvgIpc) is 2.30. The number of nitrogens with one attached hydrogen (secondary N) is 1. The van der Waals surface area contributed by atoms with Crippen LogP contribution < -0.4 is 5.32 Å². The summed E-state index contributed by atoms with van der Waals surface area (Å²) < 4.78 is 0. The van der Waals surface area contributed by atoms with E-state index in [1.54, 1.807) is 6.07 Å². The lowest BCUT2D eigenvalue weighted by molar-refractivity contribution is -0.117. The van der Waals surface area contributed by atoms with Gasteiger partial charge in [0.15, 0.2) is 0 Å². The first kappa shape index (κ1) is 12.0. The van der Waals surface area contributed by atoms with Crippen molar-refractivity contribution in [3.8, 4) is 12.1 Å². The van der Waals surface area contributed by atoms with Crippen LogP contribution in [-0.2, 0) is 4.79 Å². The second-order valence-electron chi connectivity index (χ2n) is 3.15. The number of nitriles is 2. The summed E-state index contributed by atoms with van der Waals surface area (Å²) in [5, 5.41) is 20.1. The number of anilines is 1. The first-order chi connectivity index (χ1) is 7.58. The number of carbonyl (C=O) groups excluding carboxylic acids is 1.